The largest absolute Gasteiger partial charge is 0.496 e. The lowest BCUT2D eigenvalue weighted by molar-refractivity contribution is 0.283. The van der Waals surface area contributed by atoms with Crippen LogP contribution in [0.1, 0.15) is 11.6 Å². The number of anilines is 1. The molecule has 1 fully saturated rings. The van der Waals surface area contributed by atoms with Crippen LogP contribution in [0.15, 0.2) is 59.6 Å². The van der Waals surface area contributed by atoms with E-state index in [0.717, 1.165) is 44.4 Å². The number of guanidine groups is 1. The molecule has 0 aromatic heterocycles. The summed E-state index contributed by atoms with van der Waals surface area (Å²) < 4.78 is 5.58. The number of hydrogen-bond donors (Lipinski definition) is 1. The lowest BCUT2D eigenvalue weighted by atomic mass is 10.0. The first kappa shape index (κ1) is 21.0. The van der Waals surface area contributed by atoms with Crippen molar-refractivity contribution in [3.8, 4) is 5.75 Å². The van der Waals surface area contributed by atoms with Crippen molar-refractivity contribution in [3.05, 3.63) is 60.2 Å². The zero-order chi connectivity index (χ0) is 20.6. The van der Waals surface area contributed by atoms with E-state index in [4.69, 9.17) is 4.74 Å². The van der Waals surface area contributed by atoms with Gasteiger partial charge in [0.05, 0.1) is 13.2 Å². The van der Waals surface area contributed by atoms with E-state index in [9.17, 15) is 0 Å². The Hall–Kier alpha value is -2.73. The first-order valence-electron chi connectivity index (χ1n) is 10.2. The van der Waals surface area contributed by atoms with Crippen LogP contribution in [0.2, 0.25) is 0 Å². The van der Waals surface area contributed by atoms with Crippen LogP contribution < -0.4 is 15.0 Å². The summed E-state index contributed by atoms with van der Waals surface area (Å²) in [6.45, 7) is 4.66. The molecule has 0 aliphatic carbocycles. The molecule has 6 nitrogen and oxygen atoms in total. The van der Waals surface area contributed by atoms with Gasteiger partial charge in [0.1, 0.15) is 5.75 Å². The number of likely N-dealkylation sites (N-methyl/N-ethyl adjacent to an activating group) is 1. The number of benzene rings is 2. The quantitative estimate of drug-likeness (QED) is 0.602. The highest BCUT2D eigenvalue weighted by atomic mass is 16.5. The number of rotatable bonds is 6. The van der Waals surface area contributed by atoms with Gasteiger partial charge in [0.25, 0.3) is 0 Å². The van der Waals surface area contributed by atoms with Gasteiger partial charge in [-0.2, -0.15) is 0 Å². The van der Waals surface area contributed by atoms with Crippen LogP contribution in [-0.2, 0) is 0 Å². The molecule has 0 bridgehead atoms. The second kappa shape index (κ2) is 10.2. The Labute approximate surface area is 174 Å². The Morgan fingerprint density at radius 2 is 1.69 bits per heavy atom. The van der Waals surface area contributed by atoms with Crippen LogP contribution in [0.3, 0.4) is 0 Å². The Morgan fingerprint density at radius 3 is 2.31 bits per heavy atom. The second-order valence-electron chi connectivity index (χ2n) is 7.46. The van der Waals surface area contributed by atoms with Crippen LogP contribution in [0.5, 0.6) is 5.75 Å². The highest BCUT2D eigenvalue weighted by Crippen LogP contribution is 2.27. The Kier molecular flexibility index (Phi) is 7.36. The van der Waals surface area contributed by atoms with E-state index in [1.165, 1.54) is 11.3 Å². The zero-order valence-electron chi connectivity index (χ0n) is 18.0. The maximum Gasteiger partial charge on any atom is 0.193 e. The van der Waals surface area contributed by atoms with Crippen molar-refractivity contribution in [2.24, 2.45) is 4.99 Å². The summed E-state index contributed by atoms with van der Waals surface area (Å²) in [6, 6.07) is 19.0. The topological polar surface area (TPSA) is 43.3 Å². The number of nitrogens with one attached hydrogen (secondary N) is 1. The number of piperazine rings is 1. The third-order valence-electron chi connectivity index (χ3n) is 5.49. The molecule has 1 N–H and O–H groups in total. The summed E-state index contributed by atoms with van der Waals surface area (Å²) in [7, 11) is 7.78. The average Bonchev–Trinajstić information content (AvgIpc) is 2.77. The smallest absolute Gasteiger partial charge is 0.193 e. The monoisotopic (exact) mass is 395 g/mol. The predicted octanol–water partition coefficient (Wildman–Crippen LogP) is 2.70. The summed E-state index contributed by atoms with van der Waals surface area (Å²) in [6.07, 6.45) is 0. The molecule has 6 heteroatoms. The van der Waals surface area contributed by atoms with Gasteiger partial charge in [-0.3, -0.25) is 4.99 Å². The number of aliphatic imine (C=N–C) groups is 1. The molecule has 0 amide bonds. The summed E-state index contributed by atoms with van der Waals surface area (Å²) in [5, 5.41) is 3.59. The lowest BCUT2D eigenvalue weighted by Gasteiger charge is -2.38. The van der Waals surface area contributed by atoms with E-state index in [0.29, 0.717) is 0 Å². The van der Waals surface area contributed by atoms with Crippen molar-refractivity contribution in [2.75, 3.05) is 65.9 Å². The van der Waals surface area contributed by atoms with Gasteiger partial charge < -0.3 is 24.8 Å². The lowest BCUT2D eigenvalue weighted by Crippen LogP contribution is -2.53. The maximum absolute atomic E-state index is 5.58. The highest BCUT2D eigenvalue weighted by molar-refractivity contribution is 5.80. The first-order chi connectivity index (χ1) is 14.1. The molecule has 1 heterocycles. The molecular weight excluding hydrogens is 362 g/mol. The minimum Gasteiger partial charge on any atom is -0.496 e. The fourth-order valence-corrected chi connectivity index (χ4v) is 3.85. The van der Waals surface area contributed by atoms with E-state index in [2.05, 4.69) is 81.6 Å². The minimum atomic E-state index is 0.188. The molecule has 1 atom stereocenters. The molecule has 156 valence electrons. The normalized spacial score (nSPS) is 16.1. The van der Waals surface area contributed by atoms with Crippen molar-refractivity contribution in [1.29, 1.82) is 0 Å². The van der Waals surface area contributed by atoms with E-state index < -0.39 is 0 Å². The molecule has 1 saturated heterocycles. The Bertz CT molecular complexity index is 785. The number of methoxy groups -OCH3 is 1. The van der Waals surface area contributed by atoms with Crippen molar-refractivity contribution in [1.82, 2.24) is 15.1 Å². The van der Waals surface area contributed by atoms with Gasteiger partial charge >= 0.3 is 0 Å². The van der Waals surface area contributed by atoms with Gasteiger partial charge in [-0.15, -0.1) is 0 Å². The molecule has 29 heavy (non-hydrogen) atoms. The van der Waals surface area contributed by atoms with Crippen LogP contribution in [0, 0.1) is 0 Å². The molecule has 1 aliphatic rings. The van der Waals surface area contributed by atoms with Gasteiger partial charge in [0, 0.05) is 51.0 Å². The predicted molar refractivity (Wildman–Crippen MR) is 121 cm³/mol. The van der Waals surface area contributed by atoms with E-state index >= 15 is 0 Å². The molecule has 2 aromatic carbocycles. The molecule has 3 rings (SSSR count). The number of ether oxygens (including phenoxy) is 1. The highest BCUT2D eigenvalue weighted by Gasteiger charge is 2.22. The third kappa shape index (κ3) is 5.21. The van der Waals surface area contributed by atoms with Crippen LogP contribution in [0.4, 0.5) is 5.69 Å². The Balaban J connectivity index is 1.61. The van der Waals surface area contributed by atoms with Gasteiger partial charge in [-0.05, 0) is 32.3 Å². The van der Waals surface area contributed by atoms with Gasteiger partial charge in [-0.1, -0.05) is 36.4 Å². The fraction of sp³-hybridized carbons (Fsp3) is 0.435. The zero-order valence-corrected chi connectivity index (χ0v) is 18.0. The summed E-state index contributed by atoms with van der Waals surface area (Å²) in [5.74, 6) is 1.87. The van der Waals surface area contributed by atoms with Crippen molar-refractivity contribution >= 4 is 11.6 Å². The molecule has 2 aromatic rings. The third-order valence-corrected chi connectivity index (χ3v) is 5.49. The molecule has 1 aliphatic heterocycles. The number of nitrogens with zero attached hydrogens (tertiary/aromatic N) is 4. The SMILES string of the molecule is CN=C(NCC(c1ccccc1OC)N(C)C)N1CCN(c2ccccc2)CC1. The van der Waals surface area contributed by atoms with Crippen LogP contribution >= 0.6 is 0 Å². The fourth-order valence-electron chi connectivity index (χ4n) is 3.85. The minimum absolute atomic E-state index is 0.188. The summed E-state index contributed by atoms with van der Waals surface area (Å²) in [5.41, 5.74) is 2.47. The molecule has 0 radical (unpaired) electrons. The van der Waals surface area contributed by atoms with Crippen LogP contribution in [-0.4, -0.2) is 76.7 Å². The first-order valence-corrected chi connectivity index (χ1v) is 10.2. The molecule has 0 spiro atoms. The van der Waals surface area contributed by atoms with E-state index in [1.54, 1.807) is 7.11 Å². The van der Waals surface area contributed by atoms with Gasteiger partial charge in [0.15, 0.2) is 5.96 Å². The van der Waals surface area contributed by atoms with Crippen LogP contribution in [0.25, 0.3) is 0 Å². The maximum atomic E-state index is 5.58. The van der Waals surface area contributed by atoms with Gasteiger partial charge in [-0.25, -0.2) is 0 Å². The van der Waals surface area contributed by atoms with E-state index in [-0.39, 0.29) is 6.04 Å². The average molecular weight is 396 g/mol. The summed E-state index contributed by atoms with van der Waals surface area (Å²) in [4.78, 5) is 11.5. The standard InChI is InChI=1S/C23H33N5O/c1-24-23(28-16-14-27(15-17-28)19-10-6-5-7-11-19)25-18-21(26(2)3)20-12-8-9-13-22(20)29-4/h5-13,21H,14-18H2,1-4H3,(H,24,25). The van der Waals surface area contributed by atoms with E-state index in [1.807, 2.05) is 19.2 Å². The van der Waals surface area contributed by atoms with Crippen molar-refractivity contribution in [3.63, 3.8) is 0 Å². The Morgan fingerprint density at radius 1 is 1.03 bits per heavy atom. The molecular formula is C23H33N5O. The molecule has 0 saturated carbocycles. The number of para-hydroxylation sites is 2. The second-order valence-corrected chi connectivity index (χ2v) is 7.46. The van der Waals surface area contributed by atoms with Crippen molar-refractivity contribution < 1.29 is 4.74 Å². The number of hydrogen-bond acceptors (Lipinski definition) is 4. The summed E-state index contributed by atoms with van der Waals surface area (Å²) >= 11 is 0. The molecule has 1 unspecified atom stereocenters. The van der Waals surface area contributed by atoms with Crippen molar-refractivity contribution in [2.45, 2.75) is 6.04 Å². The van der Waals surface area contributed by atoms with Gasteiger partial charge in [0.2, 0.25) is 0 Å².